The number of hydrogen-bond donors (Lipinski definition) is 1. The van der Waals surface area contributed by atoms with Crippen molar-refractivity contribution in [2.75, 3.05) is 6.54 Å². The Balaban J connectivity index is 1.97. The van der Waals surface area contributed by atoms with Crippen LogP contribution in [-0.2, 0) is 0 Å². The summed E-state index contributed by atoms with van der Waals surface area (Å²) in [4.78, 5) is 4.35. The lowest BCUT2D eigenvalue weighted by molar-refractivity contribution is 0.412. The van der Waals surface area contributed by atoms with E-state index >= 15 is 0 Å². The number of hydrogen-bond acceptors (Lipinski definition) is 2. The molecule has 0 amide bonds. The van der Waals surface area contributed by atoms with E-state index in [2.05, 4.69) is 34.6 Å². The first kappa shape index (κ1) is 9.79. The highest BCUT2D eigenvalue weighted by molar-refractivity contribution is 5.79. The van der Waals surface area contributed by atoms with Gasteiger partial charge in [0.05, 0.1) is 5.52 Å². The van der Waals surface area contributed by atoms with Crippen molar-refractivity contribution in [1.82, 2.24) is 10.3 Å². The van der Waals surface area contributed by atoms with Crippen LogP contribution in [0.3, 0.4) is 0 Å². The van der Waals surface area contributed by atoms with E-state index in [0.717, 1.165) is 12.1 Å². The van der Waals surface area contributed by atoms with Gasteiger partial charge in [-0.2, -0.15) is 0 Å². The van der Waals surface area contributed by atoms with E-state index in [4.69, 9.17) is 0 Å². The molecule has 16 heavy (non-hydrogen) atoms. The number of benzene rings is 1. The van der Waals surface area contributed by atoms with Gasteiger partial charge in [0.2, 0.25) is 0 Å². The number of fused-ring (bicyclic) bond motifs is 1. The van der Waals surface area contributed by atoms with Gasteiger partial charge in [0, 0.05) is 17.6 Å². The molecule has 1 atom stereocenters. The largest absolute Gasteiger partial charge is 0.310 e. The Morgan fingerprint density at radius 2 is 2.19 bits per heavy atom. The third-order valence-electron chi connectivity index (χ3n) is 3.34. The van der Waals surface area contributed by atoms with Crippen LogP contribution in [0, 0.1) is 0 Å². The van der Waals surface area contributed by atoms with Crippen LogP contribution >= 0.6 is 0 Å². The number of nitrogens with one attached hydrogen (secondary N) is 1. The van der Waals surface area contributed by atoms with E-state index in [1.54, 1.807) is 0 Å². The van der Waals surface area contributed by atoms with Crippen molar-refractivity contribution in [3.63, 3.8) is 0 Å². The minimum Gasteiger partial charge on any atom is -0.310 e. The van der Waals surface area contributed by atoms with Gasteiger partial charge in [-0.25, -0.2) is 0 Å². The van der Waals surface area contributed by atoms with Crippen molar-refractivity contribution in [2.24, 2.45) is 0 Å². The zero-order chi connectivity index (χ0) is 10.8. The van der Waals surface area contributed by atoms with E-state index in [1.807, 2.05) is 12.3 Å². The Hall–Kier alpha value is -1.41. The third kappa shape index (κ3) is 1.81. The molecular formula is C14H16N2. The number of rotatable bonds is 1. The first-order valence-electron chi connectivity index (χ1n) is 6.01. The molecule has 1 N–H and O–H groups in total. The van der Waals surface area contributed by atoms with Crippen LogP contribution in [0.4, 0.5) is 0 Å². The molecule has 82 valence electrons. The highest BCUT2D eigenvalue weighted by atomic mass is 14.9. The van der Waals surface area contributed by atoms with Crippen LogP contribution in [0.1, 0.15) is 30.9 Å². The van der Waals surface area contributed by atoms with Gasteiger partial charge in [0.25, 0.3) is 0 Å². The highest BCUT2D eigenvalue weighted by Crippen LogP contribution is 2.25. The van der Waals surface area contributed by atoms with E-state index < -0.39 is 0 Å². The molecule has 2 aromatic rings. The molecule has 1 unspecified atom stereocenters. The van der Waals surface area contributed by atoms with Crippen molar-refractivity contribution in [2.45, 2.75) is 25.3 Å². The molecule has 0 aliphatic carbocycles. The van der Waals surface area contributed by atoms with Crippen LogP contribution in [0.15, 0.2) is 36.5 Å². The lowest BCUT2D eigenvalue weighted by atomic mass is 9.96. The summed E-state index contributed by atoms with van der Waals surface area (Å²) >= 11 is 0. The molecule has 1 aliphatic rings. The Bertz CT molecular complexity index is 487. The summed E-state index contributed by atoms with van der Waals surface area (Å²) in [5, 5.41) is 4.82. The van der Waals surface area contributed by atoms with Crippen LogP contribution < -0.4 is 5.32 Å². The smallest absolute Gasteiger partial charge is 0.0702 e. The maximum absolute atomic E-state index is 4.35. The second-order valence-corrected chi connectivity index (χ2v) is 4.46. The second kappa shape index (κ2) is 4.22. The van der Waals surface area contributed by atoms with Crippen LogP contribution in [0.2, 0.25) is 0 Å². The molecule has 0 spiro atoms. The number of nitrogens with zero attached hydrogens (tertiary/aromatic N) is 1. The quantitative estimate of drug-likeness (QED) is 0.786. The van der Waals surface area contributed by atoms with Gasteiger partial charge in [-0.3, -0.25) is 4.98 Å². The monoisotopic (exact) mass is 212 g/mol. The van der Waals surface area contributed by atoms with E-state index in [0.29, 0.717) is 6.04 Å². The summed E-state index contributed by atoms with van der Waals surface area (Å²) in [6.45, 7) is 1.15. The van der Waals surface area contributed by atoms with Gasteiger partial charge >= 0.3 is 0 Å². The fourth-order valence-corrected chi connectivity index (χ4v) is 2.45. The van der Waals surface area contributed by atoms with Gasteiger partial charge in [0.1, 0.15) is 0 Å². The summed E-state index contributed by atoms with van der Waals surface area (Å²) in [5.41, 5.74) is 2.49. The Kier molecular flexibility index (Phi) is 2.58. The minimum absolute atomic E-state index is 0.540. The molecule has 0 bridgehead atoms. The van der Waals surface area contributed by atoms with Crippen LogP contribution in [-0.4, -0.2) is 11.5 Å². The Labute approximate surface area is 95.7 Å². The number of piperidine rings is 1. The summed E-state index contributed by atoms with van der Waals surface area (Å²) in [5.74, 6) is 0. The predicted octanol–water partition coefficient (Wildman–Crippen LogP) is 3.05. The fourth-order valence-electron chi connectivity index (χ4n) is 2.45. The summed E-state index contributed by atoms with van der Waals surface area (Å²) < 4.78 is 0. The molecule has 1 aromatic carbocycles. The van der Waals surface area contributed by atoms with Crippen molar-refractivity contribution >= 4 is 10.9 Å². The molecule has 2 heterocycles. The van der Waals surface area contributed by atoms with Crippen molar-refractivity contribution < 1.29 is 0 Å². The molecule has 1 fully saturated rings. The predicted molar refractivity (Wildman–Crippen MR) is 66.3 cm³/mol. The average Bonchev–Trinajstić information content (AvgIpc) is 2.39. The molecule has 1 aromatic heterocycles. The number of aromatic nitrogens is 1. The van der Waals surface area contributed by atoms with Crippen LogP contribution in [0.25, 0.3) is 10.9 Å². The lowest BCUT2D eigenvalue weighted by Gasteiger charge is -2.24. The fraction of sp³-hybridized carbons (Fsp3) is 0.357. The van der Waals surface area contributed by atoms with Crippen molar-refractivity contribution in [3.8, 4) is 0 Å². The van der Waals surface area contributed by atoms with Gasteiger partial charge in [-0.15, -0.1) is 0 Å². The first-order chi connectivity index (χ1) is 7.93. The molecule has 2 nitrogen and oxygen atoms in total. The third-order valence-corrected chi connectivity index (χ3v) is 3.34. The first-order valence-corrected chi connectivity index (χ1v) is 6.01. The zero-order valence-corrected chi connectivity index (χ0v) is 9.32. The molecule has 1 aliphatic heterocycles. The van der Waals surface area contributed by atoms with Crippen LogP contribution in [0.5, 0.6) is 0 Å². The molecule has 0 saturated carbocycles. The van der Waals surface area contributed by atoms with Gasteiger partial charge < -0.3 is 5.32 Å². The van der Waals surface area contributed by atoms with Gasteiger partial charge in [0.15, 0.2) is 0 Å². The van der Waals surface area contributed by atoms with Crippen molar-refractivity contribution in [1.29, 1.82) is 0 Å². The zero-order valence-electron chi connectivity index (χ0n) is 9.32. The second-order valence-electron chi connectivity index (χ2n) is 4.46. The Morgan fingerprint density at radius 1 is 1.19 bits per heavy atom. The molecule has 0 radical (unpaired) electrons. The van der Waals surface area contributed by atoms with E-state index in [9.17, 15) is 0 Å². The normalized spacial score (nSPS) is 21.1. The number of pyridine rings is 1. The topological polar surface area (TPSA) is 24.9 Å². The molecular weight excluding hydrogens is 196 g/mol. The van der Waals surface area contributed by atoms with Crippen molar-refractivity contribution in [3.05, 3.63) is 42.1 Å². The van der Waals surface area contributed by atoms with E-state index in [-0.39, 0.29) is 0 Å². The SMILES string of the molecule is c1cnc2ccc(C3CCCCN3)cc2c1. The standard InChI is InChI=1S/C14H16N2/c1-2-8-15-13(5-1)12-6-7-14-11(10-12)4-3-9-16-14/h3-4,6-7,9-10,13,15H,1-2,5,8H2. The maximum atomic E-state index is 4.35. The summed E-state index contributed by atoms with van der Waals surface area (Å²) in [7, 11) is 0. The lowest BCUT2D eigenvalue weighted by Crippen LogP contribution is -2.26. The van der Waals surface area contributed by atoms with Gasteiger partial charge in [-0.05, 0) is 43.1 Å². The minimum atomic E-state index is 0.540. The van der Waals surface area contributed by atoms with Gasteiger partial charge in [-0.1, -0.05) is 18.6 Å². The maximum Gasteiger partial charge on any atom is 0.0702 e. The highest BCUT2D eigenvalue weighted by Gasteiger charge is 2.14. The molecule has 3 rings (SSSR count). The molecule has 1 saturated heterocycles. The summed E-state index contributed by atoms with van der Waals surface area (Å²) in [6.07, 6.45) is 5.75. The summed E-state index contributed by atoms with van der Waals surface area (Å²) in [6, 6.07) is 11.3. The Morgan fingerprint density at radius 3 is 3.06 bits per heavy atom. The average molecular weight is 212 g/mol. The molecule has 2 heteroatoms. The van der Waals surface area contributed by atoms with E-state index in [1.165, 1.54) is 30.2 Å².